The van der Waals surface area contributed by atoms with Crippen molar-refractivity contribution in [2.24, 2.45) is 0 Å². The molecule has 1 rings (SSSR count). The van der Waals surface area contributed by atoms with Crippen LogP contribution < -0.4 is 4.74 Å². The molecule has 0 atom stereocenters. The summed E-state index contributed by atoms with van der Waals surface area (Å²) < 4.78 is 23.9. The maximum Gasteiger partial charge on any atom is 0.135 e. The van der Waals surface area contributed by atoms with E-state index >= 15 is 0 Å². The molecule has 2 nitrogen and oxygen atoms in total. The molecule has 0 aliphatic heterocycles. The van der Waals surface area contributed by atoms with Gasteiger partial charge >= 0.3 is 0 Å². The van der Waals surface area contributed by atoms with E-state index in [2.05, 4.69) is 11.8 Å². The average Bonchev–Trinajstić information content (AvgIpc) is 2.38. The van der Waals surface area contributed by atoms with Gasteiger partial charge in [0.05, 0.1) is 18.1 Å². The molecule has 0 aliphatic carbocycles. The number of halogens is 2. The SMILES string of the molecule is CCCOCCOc1ccc(F)cc1C#CCCl. The second kappa shape index (κ2) is 8.79. The molecule has 0 heterocycles. The van der Waals surface area contributed by atoms with Crippen molar-refractivity contribution in [3.8, 4) is 17.6 Å². The summed E-state index contributed by atoms with van der Waals surface area (Å²) in [5.41, 5.74) is 0.506. The van der Waals surface area contributed by atoms with Gasteiger partial charge < -0.3 is 9.47 Å². The lowest BCUT2D eigenvalue weighted by molar-refractivity contribution is 0.100. The minimum Gasteiger partial charge on any atom is -0.490 e. The molecule has 0 bridgehead atoms. The number of benzene rings is 1. The minimum absolute atomic E-state index is 0.204. The third-order valence-corrected chi connectivity index (χ3v) is 2.20. The largest absolute Gasteiger partial charge is 0.490 e. The summed E-state index contributed by atoms with van der Waals surface area (Å²) in [6.07, 6.45) is 0.975. The van der Waals surface area contributed by atoms with E-state index in [0.717, 1.165) is 6.42 Å². The zero-order valence-corrected chi connectivity index (χ0v) is 11.1. The molecule has 0 aromatic heterocycles. The summed E-state index contributed by atoms with van der Waals surface area (Å²) in [7, 11) is 0. The van der Waals surface area contributed by atoms with Crippen LogP contribution in [0.4, 0.5) is 4.39 Å². The highest BCUT2D eigenvalue weighted by Crippen LogP contribution is 2.18. The molecular weight excluding hydrogens is 255 g/mol. The molecule has 18 heavy (non-hydrogen) atoms. The van der Waals surface area contributed by atoms with Crippen LogP contribution in [0.25, 0.3) is 0 Å². The molecule has 0 fully saturated rings. The first-order chi connectivity index (χ1) is 8.77. The number of hydrogen-bond donors (Lipinski definition) is 0. The van der Waals surface area contributed by atoms with E-state index in [9.17, 15) is 4.39 Å². The summed E-state index contributed by atoms with van der Waals surface area (Å²) in [6, 6.07) is 4.24. The summed E-state index contributed by atoms with van der Waals surface area (Å²) in [5, 5.41) is 0. The quantitative estimate of drug-likeness (QED) is 0.449. The van der Waals surface area contributed by atoms with E-state index in [1.807, 2.05) is 6.92 Å². The molecule has 0 unspecified atom stereocenters. The molecule has 0 saturated heterocycles. The lowest BCUT2D eigenvalue weighted by Gasteiger charge is -2.08. The van der Waals surface area contributed by atoms with E-state index in [1.54, 1.807) is 6.07 Å². The smallest absolute Gasteiger partial charge is 0.135 e. The molecule has 1 aromatic carbocycles. The van der Waals surface area contributed by atoms with E-state index in [1.165, 1.54) is 12.1 Å². The summed E-state index contributed by atoms with van der Waals surface area (Å²) in [4.78, 5) is 0. The summed E-state index contributed by atoms with van der Waals surface area (Å²) in [5.74, 6) is 5.86. The van der Waals surface area contributed by atoms with Crippen LogP contribution in [0.1, 0.15) is 18.9 Å². The van der Waals surface area contributed by atoms with E-state index in [-0.39, 0.29) is 11.7 Å². The van der Waals surface area contributed by atoms with Gasteiger partial charge in [-0.05, 0) is 24.6 Å². The van der Waals surface area contributed by atoms with Gasteiger partial charge in [0.15, 0.2) is 0 Å². The van der Waals surface area contributed by atoms with Gasteiger partial charge in [-0.15, -0.1) is 11.6 Å². The number of rotatable bonds is 6. The molecule has 0 radical (unpaired) electrons. The Bertz CT molecular complexity index is 424. The third-order valence-electron chi connectivity index (χ3n) is 2.07. The Kier molecular flexibility index (Phi) is 7.24. The first-order valence-corrected chi connectivity index (χ1v) is 6.36. The fourth-order valence-corrected chi connectivity index (χ4v) is 1.38. The topological polar surface area (TPSA) is 18.5 Å². The lowest BCUT2D eigenvalue weighted by atomic mass is 10.2. The van der Waals surface area contributed by atoms with Crippen LogP contribution in [0, 0.1) is 17.7 Å². The molecule has 0 amide bonds. The van der Waals surface area contributed by atoms with Gasteiger partial charge in [0.25, 0.3) is 0 Å². The predicted octanol–water partition coefficient (Wildman–Crippen LogP) is 3.22. The molecule has 0 N–H and O–H groups in total. The molecule has 0 aliphatic rings. The van der Waals surface area contributed by atoms with Gasteiger partial charge in [0.1, 0.15) is 18.2 Å². The second-order valence-corrected chi connectivity index (χ2v) is 3.80. The van der Waals surface area contributed by atoms with Gasteiger partial charge in [-0.3, -0.25) is 0 Å². The van der Waals surface area contributed by atoms with Gasteiger partial charge in [-0.25, -0.2) is 4.39 Å². The van der Waals surface area contributed by atoms with Crippen molar-refractivity contribution < 1.29 is 13.9 Å². The normalized spacial score (nSPS) is 9.72. The second-order valence-electron chi connectivity index (χ2n) is 3.54. The third kappa shape index (κ3) is 5.39. The monoisotopic (exact) mass is 270 g/mol. The molecule has 0 saturated carbocycles. The fraction of sp³-hybridized carbons (Fsp3) is 0.429. The van der Waals surface area contributed by atoms with Gasteiger partial charge in [0, 0.05) is 6.61 Å². The molecule has 0 spiro atoms. The van der Waals surface area contributed by atoms with E-state index in [0.29, 0.717) is 31.1 Å². The Hall–Kier alpha value is -1.24. The molecule has 4 heteroatoms. The van der Waals surface area contributed by atoms with Crippen molar-refractivity contribution in [1.82, 2.24) is 0 Å². The zero-order chi connectivity index (χ0) is 13.2. The van der Waals surface area contributed by atoms with Crippen molar-refractivity contribution >= 4 is 11.6 Å². The lowest BCUT2D eigenvalue weighted by Crippen LogP contribution is -2.08. The highest BCUT2D eigenvalue weighted by Gasteiger charge is 2.03. The standard InChI is InChI=1S/C14H16ClFO2/c1-2-8-17-9-10-18-14-6-5-13(16)11-12(14)4-3-7-15/h5-6,11H,2,7-10H2,1H3. The predicted molar refractivity (Wildman–Crippen MR) is 70.6 cm³/mol. The van der Waals surface area contributed by atoms with E-state index < -0.39 is 0 Å². The van der Waals surface area contributed by atoms with Crippen molar-refractivity contribution in [1.29, 1.82) is 0 Å². The average molecular weight is 271 g/mol. The Balaban J connectivity index is 2.58. The highest BCUT2D eigenvalue weighted by atomic mass is 35.5. The Morgan fingerprint density at radius 1 is 1.28 bits per heavy atom. The van der Waals surface area contributed by atoms with Crippen LogP contribution >= 0.6 is 11.6 Å². The maximum absolute atomic E-state index is 13.1. The molecule has 1 aromatic rings. The van der Waals surface area contributed by atoms with Crippen LogP contribution in [0.3, 0.4) is 0 Å². The Morgan fingerprint density at radius 2 is 2.11 bits per heavy atom. The van der Waals surface area contributed by atoms with Gasteiger partial charge in [-0.1, -0.05) is 18.8 Å². The van der Waals surface area contributed by atoms with Gasteiger partial charge in [-0.2, -0.15) is 0 Å². The molecular formula is C14H16ClFO2. The Morgan fingerprint density at radius 3 is 2.83 bits per heavy atom. The summed E-state index contributed by atoms with van der Waals surface area (Å²) in [6.45, 7) is 3.68. The summed E-state index contributed by atoms with van der Waals surface area (Å²) >= 11 is 5.48. The van der Waals surface area contributed by atoms with Crippen molar-refractivity contribution in [2.45, 2.75) is 13.3 Å². The first kappa shape index (κ1) is 14.8. The maximum atomic E-state index is 13.1. The van der Waals surface area contributed by atoms with Crippen LogP contribution in [0.2, 0.25) is 0 Å². The van der Waals surface area contributed by atoms with Crippen molar-refractivity contribution in [2.75, 3.05) is 25.7 Å². The molecule has 98 valence electrons. The minimum atomic E-state index is -0.344. The first-order valence-electron chi connectivity index (χ1n) is 5.83. The van der Waals surface area contributed by atoms with Crippen LogP contribution in [-0.4, -0.2) is 25.7 Å². The fourth-order valence-electron chi connectivity index (χ4n) is 1.31. The zero-order valence-electron chi connectivity index (χ0n) is 10.3. The van der Waals surface area contributed by atoms with Gasteiger partial charge in [0.2, 0.25) is 0 Å². The Labute approximate surface area is 112 Å². The van der Waals surface area contributed by atoms with Crippen LogP contribution in [0.5, 0.6) is 5.75 Å². The van der Waals surface area contributed by atoms with Crippen LogP contribution in [0.15, 0.2) is 18.2 Å². The highest BCUT2D eigenvalue weighted by molar-refractivity contribution is 6.19. The van der Waals surface area contributed by atoms with Crippen molar-refractivity contribution in [3.63, 3.8) is 0 Å². The number of ether oxygens (including phenoxy) is 2. The van der Waals surface area contributed by atoms with E-state index in [4.69, 9.17) is 21.1 Å². The van der Waals surface area contributed by atoms with Crippen molar-refractivity contribution in [3.05, 3.63) is 29.6 Å². The van der Waals surface area contributed by atoms with Crippen LogP contribution in [-0.2, 0) is 4.74 Å². The number of alkyl halides is 1. The number of hydrogen-bond acceptors (Lipinski definition) is 2.